The minimum atomic E-state index is 0.0933. The summed E-state index contributed by atoms with van der Waals surface area (Å²) in [4.78, 5) is 0. The van der Waals surface area contributed by atoms with Crippen LogP contribution in [0.1, 0.15) is 47.9 Å². The van der Waals surface area contributed by atoms with Crippen molar-refractivity contribution in [3.63, 3.8) is 0 Å². The predicted molar refractivity (Wildman–Crippen MR) is 80.1 cm³/mol. The van der Waals surface area contributed by atoms with Crippen molar-refractivity contribution in [3.8, 4) is 0 Å². The van der Waals surface area contributed by atoms with Gasteiger partial charge in [0.05, 0.1) is 0 Å². The van der Waals surface area contributed by atoms with Crippen LogP contribution in [0.15, 0.2) is 54.6 Å². The van der Waals surface area contributed by atoms with Crippen molar-refractivity contribution in [2.75, 3.05) is 0 Å². The molecule has 1 fully saturated rings. The van der Waals surface area contributed by atoms with Gasteiger partial charge in [-0.25, -0.2) is 0 Å². The van der Waals surface area contributed by atoms with E-state index in [4.69, 9.17) is 5.73 Å². The Bertz CT molecular complexity index is 511. The molecule has 1 unspecified atom stereocenters. The van der Waals surface area contributed by atoms with Gasteiger partial charge in [0.2, 0.25) is 0 Å². The zero-order valence-corrected chi connectivity index (χ0v) is 11.3. The van der Waals surface area contributed by atoms with Crippen molar-refractivity contribution < 1.29 is 0 Å². The molecule has 0 radical (unpaired) electrons. The maximum absolute atomic E-state index is 6.26. The Kier molecular flexibility index (Phi) is 3.65. The summed E-state index contributed by atoms with van der Waals surface area (Å²) in [7, 11) is 0. The first-order valence-electron chi connectivity index (χ1n) is 7.22. The summed E-state index contributed by atoms with van der Waals surface area (Å²) in [6.45, 7) is 0. The third-order valence-corrected chi connectivity index (χ3v) is 4.24. The van der Waals surface area contributed by atoms with E-state index in [1.165, 1.54) is 36.0 Å². The first-order valence-corrected chi connectivity index (χ1v) is 7.22. The van der Waals surface area contributed by atoms with Crippen LogP contribution in [-0.2, 0) is 6.42 Å². The van der Waals surface area contributed by atoms with E-state index in [0.717, 1.165) is 12.3 Å². The predicted octanol–water partition coefficient (Wildman–Crippen LogP) is 4.20. The van der Waals surface area contributed by atoms with E-state index in [1.807, 2.05) is 6.07 Å². The van der Waals surface area contributed by atoms with Crippen LogP contribution in [0.4, 0.5) is 0 Å². The summed E-state index contributed by atoms with van der Waals surface area (Å²) < 4.78 is 0. The average Bonchev–Trinajstić information content (AvgIpc) is 2.40. The minimum absolute atomic E-state index is 0.0933. The fourth-order valence-electron chi connectivity index (χ4n) is 2.74. The zero-order chi connectivity index (χ0) is 13.1. The molecule has 3 rings (SSSR count). The van der Waals surface area contributed by atoms with Crippen LogP contribution in [0.3, 0.4) is 0 Å². The molecule has 1 aliphatic carbocycles. The molecule has 0 aliphatic heterocycles. The average molecular weight is 251 g/mol. The molecule has 2 aromatic carbocycles. The second kappa shape index (κ2) is 5.58. The van der Waals surface area contributed by atoms with Crippen LogP contribution in [0.2, 0.25) is 0 Å². The molecule has 1 aliphatic rings. The van der Waals surface area contributed by atoms with Gasteiger partial charge in [0, 0.05) is 6.04 Å². The molecule has 1 nitrogen and oxygen atoms in total. The van der Waals surface area contributed by atoms with Crippen molar-refractivity contribution in [3.05, 3.63) is 71.3 Å². The van der Waals surface area contributed by atoms with Crippen molar-refractivity contribution >= 4 is 0 Å². The van der Waals surface area contributed by atoms with Gasteiger partial charge in [-0.2, -0.15) is 0 Å². The Morgan fingerprint density at radius 3 is 2.21 bits per heavy atom. The second-order valence-corrected chi connectivity index (χ2v) is 5.59. The van der Waals surface area contributed by atoms with Crippen LogP contribution in [0, 0.1) is 0 Å². The van der Waals surface area contributed by atoms with Crippen LogP contribution in [0.25, 0.3) is 0 Å². The van der Waals surface area contributed by atoms with Gasteiger partial charge < -0.3 is 5.73 Å². The van der Waals surface area contributed by atoms with Crippen LogP contribution < -0.4 is 5.73 Å². The van der Waals surface area contributed by atoms with E-state index in [-0.39, 0.29) is 6.04 Å². The quantitative estimate of drug-likeness (QED) is 0.866. The molecule has 0 aromatic heterocycles. The molecule has 0 heterocycles. The molecule has 1 atom stereocenters. The van der Waals surface area contributed by atoms with Gasteiger partial charge in [-0.05, 0) is 41.9 Å². The highest BCUT2D eigenvalue weighted by Gasteiger charge is 2.19. The van der Waals surface area contributed by atoms with Gasteiger partial charge in [0.15, 0.2) is 0 Å². The lowest BCUT2D eigenvalue weighted by molar-refractivity contribution is 0.419. The Balaban J connectivity index is 1.66. The third-order valence-electron chi connectivity index (χ3n) is 4.24. The molecule has 0 spiro atoms. The van der Waals surface area contributed by atoms with E-state index in [1.54, 1.807) is 0 Å². The summed E-state index contributed by atoms with van der Waals surface area (Å²) in [5.74, 6) is 0.817. The highest BCUT2D eigenvalue weighted by atomic mass is 14.6. The normalized spacial score (nSPS) is 16.9. The largest absolute Gasteiger partial charge is 0.324 e. The number of hydrogen-bond acceptors (Lipinski definition) is 1. The Labute approximate surface area is 115 Å². The first-order chi connectivity index (χ1) is 9.33. The monoisotopic (exact) mass is 251 g/mol. The van der Waals surface area contributed by atoms with E-state index in [2.05, 4.69) is 48.5 Å². The van der Waals surface area contributed by atoms with Crippen LogP contribution >= 0.6 is 0 Å². The summed E-state index contributed by atoms with van der Waals surface area (Å²) in [5.41, 5.74) is 10.3. The molecular weight excluding hydrogens is 230 g/mol. The molecule has 19 heavy (non-hydrogen) atoms. The van der Waals surface area contributed by atoms with Gasteiger partial charge in [-0.15, -0.1) is 0 Å². The van der Waals surface area contributed by atoms with Gasteiger partial charge in [0.25, 0.3) is 0 Å². The molecule has 2 aromatic rings. The molecule has 2 N–H and O–H groups in total. The molecular formula is C18H21N. The minimum Gasteiger partial charge on any atom is -0.324 e. The summed E-state index contributed by atoms with van der Waals surface area (Å²) >= 11 is 0. The van der Waals surface area contributed by atoms with Crippen LogP contribution in [-0.4, -0.2) is 0 Å². The standard InChI is InChI=1S/C18H21N/c19-18(17-5-2-1-3-6-17)13-14-9-11-16(12-10-14)15-7-4-8-15/h1-3,5-6,9-12,15,18H,4,7-8,13,19H2. The van der Waals surface area contributed by atoms with E-state index < -0.39 is 0 Å². The number of nitrogens with two attached hydrogens (primary N) is 1. The second-order valence-electron chi connectivity index (χ2n) is 5.59. The molecule has 0 saturated heterocycles. The molecule has 98 valence electrons. The number of hydrogen-bond donors (Lipinski definition) is 1. The molecule has 1 heteroatoms. The van der Waals surface area contributed by atoms with E-state index in [0.29, 0.717) is 0 Å². The fourth-order valence-corrected chi connectivity index (χ4v) is 2.74. The highest BCUT2D eigenvalue weighted by molar-refractivity contribution is 5.28. The third kappa shape index (κ3) is 2.87. The lowest BCUT2D eigenvalue weighted by Crippen LogP contribution is -2.13. The highest BCUT2D eigenvalue weighted by Crippen LogP contribution is 2.36. The number of benzene rings is 2. The van der Waals surface area contributed by atoms with Crippen molar-refractivity contribution in [2.24, 2.45) is 5.73 Å². The van der Waals surface area contributed by atoms with Crippen molar-refractivity contribution in [1.82, 2.24) is 0 Å². The lowest BCUT2D eigenvalue weighted by atomic mass is 9.80. The van der Waals surface area contributed by atoms with E-state index in [9.17, 15) is 0 Å². The zero-order valence-electron chi connectivity index (χ0n) is 11.3. The summed E-state index contributed by atoms with van der Waals surface area (Å²) in [6, 6.07) is 19.5. The Hall–Kier alpha value is -1.60. The number of rotatable bonds is 4. The van der Waals surface area contributed by atoms with Gasteiger partial charge >= 0.3 is 0 Å². The molecule has 0 amide bonds. The van der Waals surface area contributed by atoms with E-state index >= 15 is 0 Å². The smallest absolute Gasteiger partial charge is 0.0335 e. The lowest BCUT2D eigenvalue weighted by Gasteiger charge is -2.26. The van der Waals surface area contributed by atoms with Gasteiger partial charge in [0.1, 0.15) is 0 Å². The van der Waals surface area contributed by atoms with Crippen molar-refractivity contribution in [2.45, 2.75) is 37.6 Å². The Morgan fingerprint density at radius 1 is 0.947 bits per heavy atom. The summed E-state index contributed by atoms with van der Waals surface area (Å²) in [6.07, 6.45) is 5.03. The first kappa shape index (κ1) is 12.4. The Morgan fingerprint density at radius 2 is 1.63 bits per heavy atom. The fraction of sp³-hybridized carbons (Fsp3) is 0.333. The van der Waals surface area contributed by atoms with Crippen LogP contribution in [0.5, 0.6) is 0 Å². The summed E-state index contributed by atoms with van der Waals surface area (Å²) in [5, 5.41) is 0. The maximum atomic E-state index is 6.26. The van der Waals surface area contributed by atoms with Gasteiger partial charge in [-0.1, -0.05) is 61.0 Å². The molecule has 0 bridgehead atoms. The molecule has 1 saturated carbocycles. The SMILES string of the molecule is NC(Cc1ccc(C2CCC2)cc1)c1ccccc1. The van der Waals surface area contributed by atoms with Crippen molar-refractivity contribution in [1.29, 1.82) is 0 Å². The van der Waals surface area contributed by atoms with Gasteiger partial charge in [-0.3, -0.25) is 0 Å². The topological polar surface area (TPSA) is 26.0 Å². The maximum Gasteiger partial charge on any atom is 0.0335 e.